The van der Waals surface area contributed by atoms with Gasteiger partial charge >= 0.3 is 160 Å². The topological polar surface area (TPSA) is 284 Å². The molecule has 26 heteroatoms. The van der Waals surface area contributed by atoms with Crippen molar-refractivity contribution in [3.05, 3.63) is 0 Å². The normalized spacial score (nSPS) is 26.5. The second kappa shape index (κ2) is 16.4. The van der Waals surface area contributed by atoms with E-state index in [9.17, 15) is 38.8 Å². The van der Waals surface area contributed by atoms with Crippen LogP contribution in [0.3, 0.4) is 0 Å². The fourth-order valence-corrected chi connectivity index (χ4v) is 3.74. The van der Waals surface area contributed by atoms with Gasteiger partial charge in [-0.05, 0) is 0 Å². The van der Waals surface area contributed by atoms with Gasteiger partial charge < -0.3 is 9.84 Å². The third-order valence-corrected chi connectivity index (χ3v) is 4.52. The number of ether oxygens (including phenoxy) is 1. The van der Waals surface area contributed by atoms with Crippen molar-refractivity contribution in [2.45, 2.75) is 30.7 Å². The summed E-state index contributed by atoms with van der Waals surface area (Å²) in [6.45, 7) is -1.42. The minimum absolute atomic E-state index is 0. The molecule has 0 aromatic rings. The van der Waals surface area contributed by atoms with E-state index in [-0.39, 0.29) is 118 Å². The molecule has 0 radical (unpaired) electrons. The summed E-state index contributed by atoms with van der Waals surface area (Å²) in [5.74, 6) is 0. The first-order chi connectivity index (χ1) is 12.3. The molecule has 0 bridgehead atoms. The van der Waals surface area contributed by atoms with Crippen LogP contribution < -0.4 is 0 Å². The molecule has 0 saturated carbocycles. The van der Waals surface area contributed by atoms with Crippen LogP contribution in [0.5, 0.6) is 0 Å². The van der Waals surface area contributed by atoms with Crippen molar-refractivity contribution in [3.63, 3.8) is 0 Å². The molecule has 0 unspecified atom stereocenters. The first-order valence-electron chi connectivity index (χ1n) is 6.20. The van der Waals surface area contributed by atoms with E-state index >= 15 is 0 Å². The Morgan fingerprint density at radius 3 is 1.28 bits per heavy atom. The number of hydrogen-bond donors (Lipinski definition) is 5. The van der Waals surface area contributed by atoms with E-state index in [0.29, 0.717) is 0 Å². The van der Waals surface area contributed by atoms with Gasteiger partial charge in [0.25, 0.3) is 0 Å². The van der Waals surface area contributed by atoms with Crippen LogP contribution in [-0.2, 0) is 63.1 Å². The molecule has 1 fully saturated rings. The maximum absolute atomic E-state index is 11.0. The zero-order valence-corrected chi connectivity index (χ0v) is 16.0. The number of aliphatic hydroxyl groups is 1. The van der Waals surface area contributed by atoms with Gasteiger partial charge in [-0.1, -0.05) is 0 Å². The molecule has 1 heterocycles. The number of hydrogen-bond acceptors (Lipinski definition) is 14. The number of aliphatic hydroxyl groups excluding tert-OH is 1. The maximum atomic E-state index is 11.0. The Balaban J connectivity index is -0.000000980. The molecule has 18 nitrogen and oxygen atoms in total. The van der Waals surface area contributed by atoms with Crippen molar-refractivity contribution in [2.24, 2.45) is 0 Å². The molecule has 0 amide bonds. The SMILES string of the molecule is O=S(=O)(O)OC[C@H]1O[C@H](O)[C@@H](OS(=O)(=O)O)[C@@H](OS(=O)(=O)O)[C@@H]1OS(=O)(=O)O.[NaH].[NaH].[NaH].[NaH]. The fraction of sp³-hybridized carbons (Fsp3) is 1.00. The van der Waals surface area contributed by atoms with Crippen molar-refractivity contribution in [3.8, 4) is 0 Å². The van der Waals surface area contributed by atoms with E-state index in [2.05, 4.69) is 21.5 Å². The zero-order valence-electron chi connectivity index (χ0n) is 12.8. The van der Waals surface area contributed by atoms with Gasteiger partial charge in [-0.3, -0.25) is 18.2 Å². The monoisotopic (exact) mass is 596 g/mol. The van der Waals surface area contributed by atoms with Gasteiger partial charge in [0.1, 0.15) is 18.3 Å². The van der Waals surface area contributed by atoms with Crippen LogP contribution in [0.25, 0.3) is 0 Å². The van der Waals surface area contributed by atoms with E-state index < -0.39 is 78.9 Å². The second-order valence-corrected chi connectivity index (χ2v) is 8.98. The van der Waals surface area contributed by atoms with E-state index in [4.69, 9.17) is 18.2 Å². The average Bonchev–Trinajstić information content (AvgIpc) is 2.39. The van der Waals surface area contributed by atoms with Crippen LogP contribution in [0.1, 0.15) is 0 Å². The summed E-state index contributed by atoms with van der Waals surface area (Å²) >= 11 is 0. The Morgan fingerprint density at radius 2 is 0.938 bits per heavy atom. The third-order valence-electron chi connectivity index (χ3n) is 2.69. The second-order valence-electron chi connectivity index (χ2n) is 4.74. The van der Waals surface area contributed by atoms with Crippen molar-refractivity contribution < 1.29 is 78.5 Å². The third kappa shape index (κ3) is 17.8. The van der Waals surface area contributed by atoms with Crippen LogP contribution in [-0.4, -0.2) is 213 Å². The first-order valence-corrected chi connectivity index (χ1v) is 11.7. The predicted octanol–water partition coefficient (Wildman–Crippen LogP) is -6.51. The Bertz CT molecular complexity index is 976. The summed E-state index contributed by atoms with van der Waals surface area (Å²) in [4.78, 5) is 0. The molecule has 1 rings (SSSR count). The first kappa shape index (κ1) is 42.5. The van der Waals surface area contributed by atoms with Gasteiger partial charge in [-0.2, -0.15) is 33.7 Å². The van der Waals surface area contributed by atoms with Crippen LogP contribution >= 0.6 is 0 Å². The van der Waals surface area contributed by atoms with Gasteiger partial charge in [0, 0.05) is 0 Å². The standard InChI is InChI=1S/C6H12O18S4.4Na.4H/c7-6-5(24-28(17,18)19)4(23-27(14,15)16)3(22-26(11,12)13)2(21-6)1-20-25(8,9)10;;;;;;;;/h2-7H,1H2,(H,8,9,10)(H,11,12,13)(H,14,15,16)(H,17,18,19);;;;;;;;/t2-,3-,4+,5+,6+;;;;;;;;/m1......../s1. The van der Waals surface area contributed by atoms with Crippen molar-refractivity contribution in [1.82, 2.24) is 0 Å². The predicted molar refractivity (Wildman–Crippen MR) is 106 cm³/mol. The Kier molecular flexibility index (Phi) is 21.8. The summed E-state index contributed by atoms with van der Waals surface area (Å²) in [6, 6.07) is 0. The molecular weight excluding hydrogens is 580 g/mol. The Hall–Kier alpha value is 3.40. The molecule has 176 valence electrons. The number of rotatable bonds is 9. The molecule has 32 heavy (non-hydrogen) atoms. The minimum atomic E-state index is -5.58. The molecule has 1 saturated heterocycles. The van der Waals surface area contributed by atoms with Crippen LogP contribution in [0.2, 0.25) is 0 Å². The van der Waals surface area contributed by atoms with Gasteiger partial charge in [-0.25, -0.2) is 16.7 Å². The van der Waals surface area contributed by atoms with Crippen LogP contribution in [0, 0.1) is 0 Å². The van der Waals surface area contributed by atoms with E-state index in [1.807, 2.05) is 0 Å². The van der Waals surface area contributed by atoms with Crippen LogP contribution in [0.15, 0.2) is 0 Å². The molecule has 0 aromatic carbocycles. The van der Waals surface area contributed by atoms with E-state index in [1.165, 1.54) is 0 Å². The van der Waals surface area contributed by atoms with Gasteiger partial charge in [-0.15, -0.1) is 0 Å². The molecule has 0 aromatic heterocycles. The summed E-state index contributed by atoms with van der Waals surface area (Å²) in [5, 5.41) is 9.70. The Labute approximate surface area is 271 Å². The fourth-order valence-electron chi connectivity index (χ4n) is 1.93. The molecular formula is C6H16Na4O18S4. The molecule has 0 aliphatic carbocycles. The molecule has 1 aliphatic heterocycles. The molecule has 1 aliphatic rings. The van der Waals surface area contributed by atoms with Crippen molar-refractivity contribution in [1.29, 1.82) is 0 Å². The molecule has 5 N–H and O–H groups in total. The Morgan fingerprint density at radius 1 is 0.594 bits per heavy atom. The zero-order chi connectivity index (χ0) is 22.1. The van der Waals surface area contributed by atoms with Gasteiger partial charge in [0.05, 0.1) is 6.61 Å². The summed E-state index contributed by atoms with van der Waals surface area (Å²) in [5.41, 5.74) is 0. The summed E-state index contributed by atoms with van der Waals surface area (Å²) < 4.78 is 142. The van der Waals surface area contributed by atoms with E-state index in [1.54, 1.807) is 0 Å². The summed E-state index contributed by atoms with van der Waals surface area (Å²) in [7, 11) is -21.8. The van der Waals surface area contributed by atoms with Gasteiger partial charge in [0.2, 0.25) is 0 Å². The molecule has 5 atom stereocenters. The van der Waals surface area contributed by atoms with E-state index in [0.717, 1.165) is 0 Å². The van der Waals surface area contributed by atoms with Crippen molar-refractivity contribution >= 4 is 160 Å². The quantitative estimate of drug-likeness (QED) is 0.122. The molecule has 0 spiro atoms. The summed E-state index contributed by atoms with van der Waals surface area (Å²) in [6.07, 6.45) is -12.8. The van der Waals surface area contributed by atoms with Crippen molar-refractivity contribution in [2.75, 3.05) is 6.61 Å². The average molecular weight is 596 g/mol. The van der Waals surface area contributed by atoms with Crippen LogP contribution in [0.4, 0.5) is 0 Å². The van der Waals surface area contributed by atoms with Gasteiger partial charge in [0.15, 0.2) is 12.4 Å².